The van der Waals surface area contributed by atoms with Crippen molar-refractivity contribution in [1.29, 1.82) is 0 Å². The van der Waals surface area contributed by atoms with E-state index in [1.54, 1.807) is 0 Å². The molecule has 19 heavy (non-hydrogen) atoms. The first kappa shape index (κ1) is 13.5. The Labute approximate surface area is 134 Å². The Morgan fingerprint density at radius 2 is 1.42 bits per heavy atom. The van der Waals surface area contributed by atoms with Crippen LogP contribution in [-0.4, -0.2) is 5.75 Å². The highest BCUT2D eigenvalue weighted by Crippen LogP contribution is 2.46. The highest BCUT2D eigenvalue weighted by Gasteiger charge is 2.23. The van der Waals surface area contributed by atoms with E-state index in [9.17, 15) is 0 Å². The summed E-state index contributed by atoms with van der Waals surface area (Å²) >= 11 is 9.00. The number of fused-ring (bicyclic) bond motifs is 3. The number of halogens is 2. The van der Waals surface area contributed by atoms with Crippen LogP contribution in [0.5, 0.6) is 0 Å². The summed E-state index contributed by atoms with van der Waals surface area (Å²) in [7, 11) is 0. The van der Waals surface area contributed by atoms with E-state index in [0.29, 0.717) is 0 Å². The minimum absolute atomic E-state index is 1.09. The second-order valence-electron chi connectivity index (χ2n) is 4.37. The molecule has 0 unspecified atom stereocenters. The first-order chi connectivity index (χ1) is 9.20. The van der Waals surface area contributed by atoms with E-state index in [4.69, 9.17) is 0 Å². The summed E-state index contributed by atoms with van der Waals surface area (Å²) in [5.74, 6) is 1.09. The number of rotatable bonds is 2. The van der Waals surface area contributed by atoms with E-state index >= 15 is 0 Å². The molecule has 0 radical (unpaired) electrons. The van der Waals surface area contributed by atoms with Gasteiger partial charge in [0.1, 0.15) is 0 Å². The molecule has 0 saturated heterocycles. The summed E-state index contributed by atoms with van der Waals surface area (Å²) in [6.45, 7) is 2.18. The quantitative estimate of drug-likeness (QED) is 0.488. The van der Waals surface area contributed by atoms with Crippen molar-refractivity contribution in [1.82, 2.24) is 0 Å². The summed E-state index contributed by atoms with van der Waals surface area (Å²) in [4.78, 5) is 0. The Bertz CT molecular complexity index is 621. The molecule has 0 aliphatic heterocycles. The SMILES string of the molecule is CCSC=C1c2cc(Br)ccc2-c2ccc(Br)cc21. The Kier molecular flexibility index (Phi) is 3.88. The maximum absolute atomic E-state index is 3.58. The smallest absolute Gasteiger partial charge is 0.0181 e. The zero-order valence-corrected chi connectivity index (χ0v) is 14.4. The molecule has 3 heteroatoms. The third kappa shape index (κ3) is 2.44. The fourth-order valence-electron chi connectivity index (χ4n) is 2.39. The first-order valence-corrected chi connectivity index (χ1v) is 8.76. The molecule has 96 valence electrons. The van der Waals surface area contributed by atoms with Gasteiger partial charge in [-0.05, 0) is 63.3 Å². The van der Waals surface area contributed by atoms with E-state index in [1.165, 1.54) is 27.8 Å². The van der Waals surface area contributed by atoms with Crippen LogP contribution in [0.15, 0.2) is 50.8 Å². The molecule has 0 heterocycles. The van der Waals surface area contributed by atoms with Crippen LogP contribution >= 0.6 is 43.6 Å². The molecule has 1 aliphatic rings. The summed E-state index contributed by atoms with van der Waals surface area (Å²) in [5, 5.41) is 2.28. The lowest BCUT2D eigenvalue weighted by Crippen LogP contribution is -1.81. The molecule has 0 saturated carbocycles. The molecule has 0 fully saturated rings. The van der Waals surface area contributed by atoms with Gasteiger partial charge in [0, 0.05) is 8.95 Å². The lowest BCUT2D eigenvalue weighted by atomic mass is 10.1. The fraction of sp³-hybridized carbons (Fsp3) is 0.125. The molecule has 0 spiro atoms. The largest absolute Gasteiger partial charge is 0.134 e. The number of hydrogen-bond acceptors (Lipinski definition) is 1. The van der Waals surface area contributed by atoms with Crippen LogP contribution in [0.2, 0.25) is 0 Å². The van der Waals surface area contributed by atoms with Gasteiger partial charge in [-0.3, -0.25) is 0 Å². The van der Waals surface area contributed by atoms with E-state index in [0.717, 1.165) is 14.7 Å². The predicted octanol–water partition coefficient (Wildman–Crippen LogP) is 6.33. The molecule has 2 aromatic carbocycles. The minimum atomic E-state index is 1.09. The Morgan fingerprint density at radius 1 is 0.895 bits per heavy atom. The van der Waals surface area contributed by atoms with Crippen molar-refractivity contribution < 1.29 is 0 Å². The van der Waals surface area contributed by atoms with Gasteiger partial charge >= 0.3 is 0 Å². The Balaban J connectivity index is 2.26. The molecular formula is C16H12Br2S. The van der Waals surface area contributed by atoms with E-state index < -0.39 is 0 Å². The number of benzene rings is 2. The van der Waals surface area contributed by atoms with Crippen LogP contribution in [0.3, 0.4) is 0 Å². The predicted molar refractivity (Wildman–Crippen MR) is 92.5 cm³/mol. The minimum Gasteiger partial charge on any atom is -0.134 e. The maximum atomic E-state index is 3.58. The van der Waals surface area contributed by atoms with Crippen molar-refractivity contribution in [2.75, 3.05) is 5.75 Å². The number of hydrogen-bond donors (Lipinski definition) is 0. The van der Waals surface area contributed by atoms with Gasteiger partial charge in [-0.2, -0.15) is 0 Å². The molecule has 0 atom stereocenters. The first-order valence-electron chi connectivity index (χ1n) is 6.12. The molecule has 0 bridgehead atoms. The zero-order valence-electron chi connectivity index (χ0n) is 10.4. The second kappa shape index (κ2) is 5.47. The van der Waals surface area contributed by atoms with Gasteiger partial charge in [0.2, 0.25) is 0 Å². The van der Waals surface area contributed by atoms with E-state index in [-0.39, 0.29) is 0 Å². The van der Waals surface area contributed by atoms with Crippen LogP contribution in [0.25, 0.3) is 16.7 Å². The molecule has 0 amide bonds. The average molecular weight is 396 g/mol. The van der Waals surface area contributed by atoms with Gasteiger partial charge < -0.3 is 0 Å². The summed E-state index contributed by atoms with van der Waals surface area (Å²) in [6.07, 6.45) is 0. The summed E-state index contributed by atoms with van der Waals surface area (Å²) < 4.78 is 2.26. The highest BCUT2D eigenvalue weighted by molar-refractivity contribution is 9.10. The van der Waals surface area contributed by atoms with Crippen LogP contribution < -0.4 is 0 Å². The van der Waals surface area contributed by atoms with Crippen LogP contribution in [0.4, 0.5) is 0 Å². The standard InChI is InChI=1S/C16H12Br2S/c1-2-19-9-16-14-7-10(17)3-5-12(14)13-6-4-11(18)8-15(13)16/h3-9H,2H2,1H3. The lowest BCUT2D eigenvalue weighted by Gasteiger charge is -2.03. The molecule has 3 rings (SSSR count). The van der Waals surface area contributed by atoms with Crippen molar-refractivity contribution in [3.8, 4) is 11.1 Å². The highest BCUT2D eigenvalue weighted by atomic mass is 79.9. The second-order valence-corrected chi connectivity index (χ2v) is 7.34. The topological polar surface area (TPSA) is 0 Å². The summed E-state index contributed by atoms with van der Waals surface area (Å²) in [5.41, 5.74) is 6.63. The molecular weight excluding hydrogens is 384 g/mol. The van der Waals surface area contributed by atoms with Gasteiger partial charge in [-0.15, -0.1) is 11.8 Å². The van der Waals surface area contributed by atoms with Crippen molar-refractivity contribution in [2.45, 2.75) is 6.92 Å². The zero-order chi connectivity index (χ0) is 13.4. The van der Waals surface area contributed by atoms with Crippen LogP contribution in [-0.2, 0) is 0 Å². The van der Waals surface area contributed by atoms with E-state index in [1.807, 2.05) is 11.8 Å². The fourth-order valence-corrected chi connectivity index (χ4v) is 3.70. The van der Waals surface area contributed by atoms with Crippen molar-refractivity contribution in [3.63, 3.8) is 0 Å². The molecule has 0 aromatic heterocycles. The molecule has 0 nitrogen and oxygen atoms in total. The van der Waals surface area contributed by atoms with Crippen molar-refractivity contribution >= 4 is 49.2 Å². The number of thioether (sulfide) groups is 1. The van der Waals surface area contributed by atoms with Gasteiger partial charge in [-0.25, -0.2) is 0 Å². The third-order valence-electron chi connectivity index (χ3n) is 3.20. The normalized spacial score (nSPS) is 12.3. The monoisotopic (exact) mass is 394 g/mol. The molecule has 0 N–H and O–H groups in total. The van der Waals surface area contributed by atoms with Crippen molar-refractivity contribution in [2.24, 2.45) is 0 Å². The van der Waals surface area contributed by atoms with Gasteiger partial charge in [-0.1, -0.05) is 50.9 Å². The van der Waals surface area contributed by atoms with Crippen LogP contribution in [0, 0.1) is 0 Å². The van der Waals surface area contributed by atoms with E-state index in [2.05, 4.69) is 80.6 Å². The average Bonchev–Trinajstić information content (AvgIpc) is 2.68. The van der Waals surface area contributed by atoms with Crippen molar-refractivity contribution in [3.05, 3.63) is 61.9 Å². The van der Waals surface area contributed by atoms with Gasteiger partial charge in [0.05, 0.1) is 0 Å². The molecule has 1 aliphatic carbocycles. The molecule has 2 aromatic rings. The maximum Gasteiger partial charge on any atom is 0.0181 e. The van der Waals surface area contributed by atoms with Gasteiger partial charge in [0.25, 0.3) is 0 Å². The lowest BCUT2D eigenvalue weighted by molar-refractivity contribution is 1.53. The summed E-state index contributed by atoms with van der Waals surface area (Å²) in [6, 6.07) is 13.0. The Morgan fingerprint density at radius 3 is 1.89 bits per heavy atom. The Hall–Kier alpha value is -0.510. The van der Waals surface area contributed by atoms with Gasteiger partial charge in [0.15, 0.2) is 0 Å². The third-order valence-corrected chi connectivity index (χ3v) is 4.92. The van der Waals surface area contributed by atoms with Crippen LogP contribution in [0.1, 0.15) is 18.1 Å².